The Morgan fingerprint density at radius 3 is 2.00 bits per heavy atom. The minimum absolute atomic E-state index is 0.255. The van der Waals surface area contributed by atoms with Crippen molar-refractivity contribution in [3.63, 3.8) is 0 Å². The van der Waals surface area contributed by atoms with Gasteiger partial charge < -0.3 is 15.1 Å². The second-order valence-electron chi connectivity index (χ2n) is 2.19. The average molecular weight is 131 g/mol. The molecule has 1 fully saturated rings. The first-order valence-electron chi connectivity index (χ1n) is 2.79. The van der Waals surface area contributed by atoms with Gasteiger partial charge in [0.25, 0.3) is 0 Å². The highest BCUT2D eigenvalue weighted by molar-refractivity contribution is 5.48. The summed E-state index contributed by atoms with van der Waals surface area (Å²) in [6.45, 7) is 0.509. The maximum absolute atomic E-state index is 10.0. The van der Waals surface area contributed by atoms with Crippen LogP contribution in [-0.2, 0) is 4.79 Å². The number of hydrogen-bond donors (Lipinski definition) is 2. The molecule has 2 N–H and O–H groups in total. The van der Waals surface area contributed by atoms with Crippen LogP contribution in [0.2, 0.25) is 0 Å². The maximum Gasteiger partial charge on any atom is 0.209 e. The SMILES string of the molecule is O=CN1CC(O)C(O)C1. The van der Waals surface area contributed by atoms with Gasteiger partial charge in [0.1, 0.15) is 0 Å². The molecule has 2 unspecified atom stereocenters. The fraction of sp³-hybridized carbons (Fsp3) is 0.800. The number of nitrogens with zero attached hydrogens (tertiary/aromatic N) is 1. The topological polar surface area (TPSA) is 60.8 Å². The van der Waals surface area contributed by atoms with E-state index in [1.807, 2.05) is 0 Å². The van der Waals surface area contributed by atoms with E-state index in [1.54, 1.807) is 0 Å². The fourth-order valence-corrected chi connectivity index (χ4v) is 0.884. The normalized spacial score (nSPS) is 35.1. The molecule has 1 amide bonds. The molecule has 0 aromatic carbocycles. The summed E-state index contributed by atoms with van der Waals surface area (Å²) >= 11 is 0. The number of likely N-dealkylation sites (tertiary alicyclic amines) is 1. The van der Waals surface area contributed by atoms with E-state index in [0.717, 1.165) is 0 Å². The Bertz CT molecular complexity index is 107. The van der Waals surface area contributed by atoms with E-state index in [1.165, 1.54) is 4.90 Å². The highest BCUT2D eigenvalue weighted by Gasteiger charge is 2.27. The van der Waals surface area contributed by atoms with Crippen molar-refractivity contribution in [2.24, 2.45) is 0 Å². The van der Waals surface area contributed by atoms with Gasteiger partial charge in [0.2, 0.25) is 6.41 Å². The van der Waals surface area contributed by atoms with Crippen molar-refractivity contribution in [1.29, 1.82) is 0 Å². The molecule has 1 saturated heterocycles. The zero-order chi connectivity index (χ0) is 6.85. The molecule has 1 aliphatic rings. The first-order chi connectivity index (χ1) is 4.24. The van der Waals surface area contributed by atoms with E-state index in [2.05, 4.69) is 0 Å². The number of aliphatic hydroxyl groups excluding tert-OH is 2. The van der Waals surface area contributed by atoms with Crippen molar-refractivity contribution >= 4 is 6.41 Å². The van der Waals surface area contributed by atoms with E-state index in [4.69, 9.17) is 10.2 Å². The van der Waals surface area contributed by atoms with E-state index >= 15 is 0 Å². The summed E-state index contributed by atoms with van der Waals surface area (Å²) in [5, 5.41) is 17.7. The van der Waals surface area contributed by atoms with Crippen molar-refractivity contribution in [3.8, 4) is 0 Å². The van der Waals surface area contributed by atoms with Crippen molar-refractivity contribution in [2.45, 2.75) is 12.2 Å². The molecule has 1 aliphatic heterocycles. The number of rotatable bonds is 1. The minimum Gasteiger partial charge on any atom is -0.389 e. The largest absolute Gasteiger partial charge is 0.389 e. The molecule has 9 heavy (non-hydrogen) atoms. The molecule has 0 spiro atoms. The number of carbonyl (C=O) groups is 1. The maximum atomic E-state index is 10.0. The van der Waals surface area contributed by atoms with Crippen LogP contribution in [0.5, 0.6) is 0 Å². The summed E-state index contributed by atoms with van der Waals surface area (Å²) in [7, 11) is 0. The van der Waals surface area contributed by atoms with Crippen LogP contribution in [0.25, 0.3) is 0 Å². The number of aliphatic hydroxyl groups is 2. The Hall–Kier alpha value is -0.610. The second-order valence-corrected chi connectivity index (χ2v) is 2.19. The lowest BCUT2D eigenvalue weighted by atomic mass is 10.3. The van der Waals surface area contributed by atoms with Gasteiger partial charge in [-0.2, -0.15) is 0 Å². The molecular formula is C5H9NO3. The van der Waals surface area contributed by atoms with Gasteiger partial charge in [0.05, 0.1) is 12.2 Å². The summed E-state index contributed by atoms with van der Waals surface area (Å²) in [6, 6.07) is 0. The molecule has 0 aromatic rings. The molecule has 0 saturated carbocycles. The highest BCUT2D eigenvalue weighted by Crippen LogP contribution is 2.06. The summed E-state index contributed by atoms with van der Waals surface area (Å²) in [5.41, 5.74) is 0. The van der Waals surface area contributed by atoms with Crippen molar-refractivity contribution in [1.82, 2.24) is 4.90 Å². The van der Waals surface area contributed by atoms with Gasteiger partial charge in [0, 0.05) is 13.1 Å². The molecule has 0 bridgehead atoms. The Morgan fingerprint density at radius 2 is 1.78 bits per heavy atom. The van der Waals surface area contributed by atoms with Crippen molar-refractivity contribution < 1.29 is 15.0 Å². The minimum atomic E-state index is -0.754. The third-order valence-corrected chi connectivity index (χ3v) is 1.44. The predicted molar refractivity (Wildman–Crippen MR) is 29.7 cm³/mol. The molecule has 0 aliphatic carbocycles. The Balaban J connectivity index is 2.43. The number of hydrogen-bond acceptors (Lipinski definition) is 3. The summed E-state index contributed by atoms with van der Waals surface area (Å²) < 4.78 is 0. The van der Waals surface area contributed by atoms with Gasteiger partial charge in [-0.25, -0.2) is 0 Å². The average Bonchev–Trinajstić information content (AvgIpc) is 2.13. The van der Waals surface area contributed by atoms with Crippen LogP contribution in [0, 0.1) is 0 Å². The first-order valence-corrected chi connectivity index (χ1v) is 2.79. The Morgan fingerprint density at radius 1 is 1.33 bits per heavy atom. The van der Waals surface area contributed by atoms with Crippen LogP contribution in [0.3, 0.4) is 0 Å². The molecule has 4 heteroatoms. The lowest BCUT2D eigenvalue weighted by Gasteiger charge is -2.03. The monoisotopic (exact) mass is 131 g/mol. The molecule has 0 radical (unpaired) electrons. The third kappa shape index (κ3) is 1.20. The van der Waals surface area contributed by atoms with Gasteiger partial charge in [-0.05, 0) is 0 Å². The summed E-state index contributed by atoms with van der Waals surface area (Å²) in [6.07, 6.45) is -0.884. The Labute approximate surface area is 52.7 Å². The van der Waals surface area contributed by atoms with Gasteiger partial charge in [-0.15, -0.1) is 0 Å². The van der Waals surface area contributed by atoms with Crippen LogP contribution in [0.15, 0.2) is 0 Å². The zero-order valence-corrected chi connectivity index (χ0v) is 4.90. The van der Waals surface area contributed by atoms with Crippen LogP contribution >= 0.6 is 0 Å². The van der Waals surface area contributed by atoms with E-state index in [9.17, 15) is 4.79 Å². The standard InChI is InChI=1S/C5H9NO3/c7-3-6-1-4(8)5(9)2-6/h3-5,8-9H,1-2H2. The second kappa shape index (κ2) is 2.33. The molecular weight excluding hydrogens is 122 g/mol. The lowest BCUT2D eigenvalue weighted by Crippen LogP contribution is -2.22. The van der Waals surface area contributed by atoms with Crippen LogP contribution in [-0.4, -0.2) is 46.8 Å². The number of β-amino-alcohol motifs (C(OH)–C–C–N with tert-alkyl or cyclic N) is 2. The highest BCUT2D eigenvalue weighted by atomic mass is 16.3. The van der Waals surface area contributed by atoms with E-state index in [0.29, 0.717) is 6.41 Å². The van der Waals surface area contributed by atoms with E-state index in [-0.39, 0.29) is 13.1 Å². The van der Waals surface area contributed by atoms with Crippen molar-refractivity contribution in [2.75, 3.05) is 13.1 Å². The molecule has 1 rings (SSSR count). The van der Waals surface area contributed by atoms with Crippen LogP contribution < -0.4 is 0 Å². The molecule has 4 nitrogen and oxygen atoms in total. The number of carbonyl (C=O) groups excluding carboxylic acids is 1. The van der Waals surface area contributed by atoms with Gasteiger partial charge >= 0.3 is 0 Å². The fourth-order valence-electron chi connectivity index (χ4n) is 0.884. The molecule has 0 aromatic heterocycles. The van der Waals surface area contributed by atoms with Gasteiger partial charge in [0.15, 0.2) is 0 Å². The van der Waals surface area contributed by atoms with Gasteiger partial charge in [-0.3, -0.25) is 4.79 Å². The molecule has 52 valence electrons. The van der Waals surface area contributed by atoms with Crippen LogP contribution in [0.1, 0.15) is 0 Å². The van der Waals surface area contributed by atoms with Gasteiger partial charge in [-0.1, -0.05) is 0 Å². The number of amides is 1. The summed E-state index contributed by atoms with van der Waals surface area (Å²) in [4.78, 5) is 11.3. The third-order valence-electron chi connectivity index (χ3n) is 1.44. The first kappa shape index (κ1) is 6.51. The molecule has 2 atom stereocenters. The Kier molecular flexibility index (Phi) is 1.68. The van der Waals surface area contributed by atoms with Crippen molar-refractivity contribution in [3.05, 3.63) is 0 Å². The smallest absolute Gasteiger partial charge is 0.209 e. The molecule has 1 heterocycles. The van der Waals surface area contributed by atoms with E-state index < -0.39 is 12.2 Å². The van der Waals surface area contributed by atoms with Crippen LogP contribution in [0.4, 0.5) is 0 Å². The quantitative estimate of drug-likeness (QED) is 0.412. The summed E-state index contributed by atoms with van der Waals surface area (Å²) in [5.74, 6) is 0. The zero-order valence-electron chi connectivity index (χ0n) is 4.90. The lowest BCUT2D eigenvalue weighted by molar-refractivity contribution is -0.117. The predicted octanol–water partition coefficient (Wildman–Crippen LogP) is -1.82.